The molecular formula is C10H9NOS2. The Balaban J connectivity index is 2.39. The standard InChI is InChI=1S/C10H9NOS2/c1-2-7-14(12)10-11-8-5-3-4-6-9(8)13-10/h2-6H,1,7H2. The third-order valence-corrected chi connectivity index (χ3v) is 4.40. The lowest BCUT2D eigenvalue weighted by Gasteiger charge is -2.01. The highest BCUT2D eigenvalue weighted by atomic mass is 32.2. The van der Waals surface area contributed by atoms with Crippen LogP contribution in [0.1, 0.15) is 0 Å². The van der Waals surface area contributed by atoms with Gasteiger partial charge in [-0.3, -0.25) is 0 Å². The highest BCUT2D eigenvalue weighted by Crippen LogP contribution is 2.25. The predicted molar refractivity (Wildman–Crippen MR) is 61.1 cm³/mol. The first-order chi connectivity index (χ1) is 6.81. The van der Waals surface area contributed by atoms with E-state index in [2.05, 4.69) is 11.6 Å². The molecule has 0 fully saturated rings. The molecule has 1 aromatic carbocycles. The fourth-order valence-electron chi connectivity index (χ4n) is 1.13. The molecule has 1 aromatic heterocycles. The molecule has 0 amide bonds. The summed E-state index contributed by atoms with van der Waals surface area (Å²) in [4.78, 5) is 4.30. The Kier molecular flexibility index (Phi) is 2.86. The van der Waals surface area contributed by atoms with Crippen molar-refractivity contribution in [2.45, 2.75) is 4.34 Å². The van der Waals surface area contributed by atoms with E-state index in [1.54, 1.807) is 6.08 Å². The maximum Gasteiger partial charge on any atom is 0.302 e. The van der Waals surface area contributed by atoms with Crippen LogP contribution in [0.25, 0.3) is 10.2 Å². The van der Waals surface area contributed by atoms with Crippen LogP contribution < -0.4 is 0 Å². The first-order valence-electron chi connectivity index (χ1n) is 4.16. The van der Waals surface area contributed by atoms with Crippen LogP contribution in [0.15, 0.2) is 41.3 Å². The summed E-state index contributed by atoms with van der Waals surface area (Å²) in [5.41, 5.74) is 0.921. The second-order valence-electron chi connectivity index (χ2n) is 2.75. The van der Waals surface area contributed by atoms with Gasteiger partial charge in [0, 0.05) is 11.2 Å². The van der Waals surface area contributed by atoms with E-state index in [0.29, 0.717) is 10.1 Å². The van der Waals surface area contributed by atoms with Gasteiger partial charge in [-0.1, -0.05) is 30.0 Å². The van der Waals surface area contributed by atoms with Gasteiger partial charge in [0.1, 0.15) is 5.75 Å². The second-order valence-corrected chi connectivity index (χ2v) is 5.45. The van der Waals surface area contributed by atoms with E-state index in [1.807, 2.05) is 24.3 Å². The highest BCUT2D eigenvalue weighted by molar-refractivity contribution is 7.93. The van der Waals surface area contributed by atoms with Crippen LogP contribution in [0, 0.1) is 0 Å². The van der Waals surface area contributed by atoms with Gasteiger partial charge in [0.15, 0.2) is 0 Å². The lowest BCUT2D eigenvalue weighted by atomic mass is 10.3. The molecule has 0 N–H and O–H groups in total. The normalized spacial score (nSPS) is 12.9. The Morgan fingerprint density at radius 3 is 3.00 bits per heavy atom. The molecule has 0 saturated heterocycles. The minimum Gasteiger partial charge on any atom is -0.609 e. The molecule has 4 heteroatoms. The molecule has 0 bridgehead atoms. The van der Waals surface area contributed by atoms with E-state index in [4.69, 9.17) is 0 Å². The molecule has 14 heavy (non-hydrogen) atoms. The molecule has 1 unspecified atom stereocenters. The molecule has 2 rings (SSSR count). The summed E-state index contributed by atoms with van der Waals surface area (Å²) in [6, 6.07) is 7.81. The van der Waals surface area contributed by atoms with Gasteiger partial charge in [0.25, 0.3) is 0 Å². The number of hydrogen-bond acceptors (Lipinski definition) is 3. The largest absolute Gasteiger partial charge is 0.609 e. The van der Waals surface area contributed by atoms with E-state index < -0.39 is 11.2 Å². The van der Waals surface area contributed by atoms with Crippen LogP contribution in [0.5, 0.6) is 0 Å². The van der Waals surface area contributed by atoms with Gasteiger partial charge >= 0.3 is 4.34 Å². The third kappa shape index (κ3) is 1.82. The summed E-state index contributed by atoms with van der Waals surface area (Å²) in [6.07, 6.45) is 1.65. The molecule has 2 aromatic rings. The SMILES string of the molecule is C=CC[S+]([O-])c1nc2ccccc2s1. The number of nitrogens with zero attached hydrogens (tertiary/aromatic N) is 1. The molecule has 1 atom stereocenters. The highest BCUT2D eigenvalue weighted by Gasteiger charge is 2.14. The van der Waals surface area contributed by atoms with Crippen LogP contribution in [-0.4, -0.2) is 15.3 Å². The van der Waals surface area contributed by atoms with Gasteiger partial charge < -0.3 is 4.55 Å². The smallest absolute Gasteiger partial charge is 0.302 e. The maximum atomic E-state index is 11.6. The Morgan fingerprint density at radius 1 is 1.50 bits per heavy atom. The van der Waals surface area contributed by atoms with Gasteiger partial charge in [0.2, 0.25) is 0 Å². The van der Waals surface area contributed by atoms with E-state index >= 15 is 0 Å². The van der Waals surface area contributed by atoms with Crippen LogP contribution in [0.2, 0.25) is 0 Å². The van der Waals surface area contributed by atoms with Crippen LogP contribution in [-0.2, 0) is 11.2 Å². The number of para-hydroxylation sites is 1. The summed E-state index contributed by atoms with van der Waals surface area (Å²) in [6.45, 7) is 3.56. The lowest BCUT2D eigenvalue weighted by molar-refractivity contribution is 0.597. The minimum atomic E-state index is -1.03. The Hall–Kier alpha value is -0.840. The predicted octanol–water partition coefficient (Wildman–Crippen LogP) is 2.59. The van der Waals surface area contributed by atoms with Gasteiger partial charge in [-0.05, 0) is 18.2 Å². The quantitative estimate of drug-likeness (QED) is 0.592. The van der Waals surface area contributed by atoms with Crippen LogP contribution >= 0.6 is 11.3 Å². The van der Waals surface area contributed by atoms with Crippen molar-refractivity contribution < 1.29 is 4.55 Å². The minimum absolute atomic E-state index is 0.472. The van der Waals surface area contributed by atoms with E-state index in [-0.39, 0.29) is 0 Å². The van der Waals surface area contributed by atoms with Crippen molar-refractivity contribution in [1.82, 2.24) is 4.98 Å². The molecule has 0 aliphatic rings. The van der Waals surface area contributed by atoms with Gasteiger partial charge in [-0.2, -0.15) is 4.98 Å². The Bertz CT molecular complexity index is 419. The molecule has 1 heterocycles. The summed E-state index contributed by atoms with van der Waals surface area (Å²) >= 11 is 0.460. The third-order valence-electron chi connectivity index (χ3n) is 1.74. The zero-order valence-corrected chi connectivity index (χ0v) is 9.11. The van der Waals surface area contributed by atoms with Crippen molar-refractivity contribution in [3.63, 3.8) is 0 Å². The monoisotopic (exact) mass is 223 g/mol. The molecule has 0 aliphatic carbocycles. The summed E-state index contributed by atoms with van der Waals surface area (Å²) in [5, 5.41) is 0. The lowest BCUT2D eigenvalue weighted by Crippen LogP contribution is -2.03. The van der Waals surface area contributed by atoms with Crippen molar-refractivity contribution in [2.24, 2.45) is 0 Å². The van der Waals surface area contributed by atoms with Crippen molar-refractivity contribution in [3.05, 3.63) is 36.9 Å². The van der Waals surface area contributed by atoms with Crippen LogP contribution in [0.4, 0.5) is 0 Å². The fourth-order valence-corrected chi connectivity index (χ4v) is 3.23. The fraction of sp³-hybridized carbons (Fsp3) is 0.100. The van der Waals surface area contributed by atoms with Crippen molar-refractivity contribution >= 4 is 32.7 Å². The first kappa shape index (κ1) is 9.71. The summed E-state index contributed by atoms with van der Waals surface area (Å²) in [7, 11) is 0. The van der Waals surface area contributed by atoms with Crippen LogP contribution in [0.3, 0.4) is 0 Å². The van der Waals surface area contributed by atoms with Gasteiger partial charge in [-0.25, -0.2) is 0 Å². The zero-order valence-electron chi connectivity index (χ0n) is 7.47. The Morgan fingerprint density at radius 2 is 2.29 bits per heavy atom. The van der Waals surface area contributed by atoms with Crippen molar-refractivity contribution in [1.29, 1.82) is 0 Å². The number of hydrogen-bond donors (Lipinski definition) is 0. The summed E-state index contributed by atoms with van der Waals surface area (Å²) in [5.74, 6) is 0.472. The molecule has 0 radical (unpaired) electrons. The average Bonchev–Trinajstić information content (AvgIpc) is 2.61. The molecule has 0 spiro atoms. The average molecular weight is 223 g/mol. The van der Waals surface area contributed by atoms with Crippen molar-refractivity contribution in [2.75, 3.05) is 5.75 Å². The number of fused-ring (bicyclic) bond motifs is 1. The topological polar surface area (TPSA) is 36.0 Å². The number of rotatable bonds is 3. The van der Waals surface area contributed by atoms with E-state index in [1.165, 1.54) is 11.3 Å². The zero-order chi connectivity index (χ0) is 9.97. The molecule has 0 aliphatic heterocycles. The first-order valence-corrected chi connectivity index (χ1v) is 6.29. The molecule has 2 nitrogen and oxygen atoms in total. The number of benzene rings is 1. The summed E-state index contributed by atoms with van der Waals surface area (Å²) < 4.78 is 13.4. The number of thiazole rings is 1. The van der Waals surface area contributed by atoms with Gasteiger partial charge in [0.05, 0.1) is 10.2 Å². The number of aromatic nitrogens is 1. The molecule has 0 saturated carbocycles. The van der Waals surface area contributed by atoms with E-state index in [0.717, 1.165) is 10.2 Å². The maximum absolute atomic E-state index is 11.6. The van der Waals surface area contributed by atoms with E-state index in [9.17, 15) is 4.55 Å². The molecule has 72 valence electrons. The molecular weight excluding hydrogens is 214 g/mol. The van der Waals surface area contributed by atoms with Crippen molar-refractivity contribution in [3.8, 4) is 0 Å². The second kappa shape index (κ2) is 4.13. The Labute approximate surface area is 89.5 Å². The van der Waals surface area contributed by atoms with Gasteiger partial charge in [-0.15, -0.1) is 0 Å².